The predicted molar refractivity (Wildman–Crippen MR) is 344 cm³/mol. The van der Waals surface area contributed by atoms with Crippen LogP contribution in [0.4, 0.5) is 0 Å². The number of amides is 11. The topological polar surface area (TPSA) is 288 Å². The average molecular weight is 1260 g/mol. The first-order chi connectivity index (χ1) is 41.1. The number of allylic oxidation sites excluding steroid dienone is 2. The minimum absolute atomic E-state index is 0.00259. The van der Waals surface area contributed by atoms with Gasteiger partial charge in [-0.2, -0.15) is 0 Å². The monoisotopic (exact) mass is 1260 g/mol. The summed E-state index contributed by atoms with van der Waals surface area (Å²) in [6, 6.07) is -13.9. The van der Waals surface area contributed by atoms with E-state index in [9.17, 15) is 33.9 Å². The first kappa shape index (κ1) is 80.8. The minimum atomic E-state index is -1.64. The van der Waals surface area contributed by atoms with Gasteiger partial charge in [0.15, 0.2) is 0 Å². The fourth-order valence-corrected chi connectivity index (χ4v) is 11.7. The van der Waals surface area contributed by atoms with Gasteiger partial charge < -0.3 is 65.4 Å². The van der Waals surface area contributed by atoms with E-state index >= 15 is 24.0 Å². The van der Waals surface area contributed by atoms with E-state index in [2.05, 4.69) is 21.3 Å². The molecule has 0 radical (unpaired) electrons. The van der Waals surface area contributed by atoms with E-state index in [-0.39, 0.29) is 50.0 Å². The van der Waals surface area contributed by atoms with Gasteiger partial charge in [0.2, 0.25) is 65.0 Å². The van der Waals surface area contributed by atoms with Crippen molar-refractivity contribution >= 4 is 65.0 Å². The molecule has 0 aromatic heterocycles. The lowest BCUT2D eigenvalue weighted by Gasteiger charge is -2.42. The smallest absolute Gasteiger partial charge is 0.246 e. The van der Waals surface area contributed by atoms with Crippen molar-refractivity contribution in [2.75, 3.05) is 63.1 Å². The van der Waals surface area contributed by atoms with Crippen molar-refractivity contribution in [3.63, 3.8) is 0 Å². The van der Waals surface area contributed by atoms with Crippen LogP contribution in [-0.4, -0.2) is 240 Å². The molecule has 14 atom stereocenters. The van der Waals surface area contributed by atoms with Gasteiger partial charge in [-0.05, 0) is 94.3 Å². The Morgan fingerprint density at radius 2 is 0.843 bits per heavy atom. The Labute approximate surface area is 533 Å². The molecule has 0 spiro atoms. The van der Waals surface area contributed by atoms with Crippen LogP contribution in [0.2, 0.25) is 0 Å². The van der Waals surface area contributed by atoms with Crippen molar-refractivity contribution in [2.24, 2.45) is 47.3 Å². The summed E-state index contributed by atoms with van der Waals surface area (Å²) < 4.78 is 5.50. The zero-order valence-corrected chi connectivity index (χ0v) is 58.9. The lowest BCUT2D eigenvalue weighted by molar-refractivity contribution is -0.157. The van der Waals surface area contributed by atoms with Gasteiger partial charge in [-0.3, -0.25) is 52.7 Å². The molecule has 0 bridgehead atoms. The number of methoxy groups -OCH3 is 1. The highest BCUT2D eigenvalue weighted by Crippen LogP contribution is 2.27. The number of ether oxygens (including phenoxy) is 1. The highest BCUT2D eigenvalue weighted by atomic mass is 16.5. The molecular formula is C65H117N11O13. The molecule has 11 amide bonds. The summed E-state index contributed by atoms with van der Waals surface area (Å²) in [7, 11) is 11.4. The molecule has 24 heteroatoms. The Morgan fingerprint density at radius 1 is 0.449 bits per heavy atom. The summed E-state index contributed by atoms with van der Waals surface area (Å²) in [4.78, 5) is 171. The first-order valence-electron chi connectivity index (χ1n) is 32.0. The SMILES string of the molecule is C/C=C/C[C@@H](C)[C@@H](O)[C@H]1C(=O)N[C@@H](CC)C(=O)N(C)[C@H](C(C)C)C(=O)N(C)[C@@H]([C@H](C)COC)C(=O)NC(C(C)C)C(=O)N(C)[C@@H](CC(C)C)C(=O)N[C@@H](C)C(=O)N[C@H](C)C(=O)N(C)[C@@H](CC(C)C)C(=O)N(C)[C@@H](CC(C)C)C(=O)N(C)C(C(C)C)C(=O)N1C. The Kier molecular flexibility index (Phi) is 33.3. The number of nitrogens with zero attached hydrogens (tertiary/aromatic N) is 7. The molecule has 1 aliphatic heterocycles. The van der Waals surface area contributed by atoms with Crippen LogP contribution in [0.1, 0.15) is 157 Å². The van der Waals surface area contributed by atoms with Crippen molar-refractivity contribution < 1.29 is 62.6 Å². The van der Waals surface area contributed by atoms with E-state index in [4.69, 9.17) is 4.74 Å². The number of carbonyl (C=O) groups is 11. The van der Waals surface area contributed by atoms with Gasteiger partial charge in [0.25, 0.3) is 0 Å². The van der Waals surface area contributed by atoms with Gasteiger partial charge in [-0.15, -0.1) is 0 Å². The third kappa shape index (κ3) is 21.8. The summed E-state index contributed by atoms with van der Waals surface area (Å²) in [5.74, 6) is -11.1. The molecule has 5 N–H and O–H groups in total. The molecule has 1 heterocycles. The van der Waals surface area contributed by atoms with E-state index in [0.29, 0.717) is 6.42 Å². The maximum atomic E-state index is 15.3. The number of hydrogen-bond acceptors (Lipinski definition) is 13. The van der Waals surface area contributed by atoms with E-state index in [1.54, 1.807) is 75.3 Å². The second-order valence-corrected chi connectivity index (χ2v) is 27.2. The van der Waals surface area contributed by atoms with Crippen LogP contribution in [0.5, 0.6) is 0 Å². The number of hydrogen-bond donors (Lipinski definition) is 5. The number of rotatable bonds is 17. The average Bonchev–Trinajstić information content (AvgIpc) is 3.10. The maximum Gasteiger partial charge on any atom is 0.246 e. The lowest BCUT2D eigenvalue weighted by Crippen LogP contribution is -2.64. The third-order valence-electron chi connectivity index (χ3n) is 17.1. The van der Waals surface area contributed by atoms with Crippen molar-refractivity contribution in [2.45, 2.75) is 229 Å². The molecule has 1 aliphatic rings. The molecule has 24 nitrogen and oxygen atoms in total. The van der Waals surface area contributed by atoms with Crippen LogP contribution in [0.3, 0.4) is 0 Å². The van der Waals surface area contributed by atoms with Gasteiger partial charge in [0, 0.05) is 62.4 Å². The molecular weight excluding hydrogens is 1140 g/mol. The third-order valence-corrected chi connectivity index (χ3v) is 17.1. The summed E-state index contributed by atoms with van der Waals surface area (Å²) >= 11 is 0. The Bertz CT molecular complexity index is 2430. The first-order valence-corrected chi connectivity index (χ1v) is 32.0. The predicted octanol–water partition coefficient (Wildman–Crippen LogP) is 3.53. The van der Waals surface area contributed by atoms with Gasteiger partial charge in [0.1, 0.15) is 66.5 Å². The highest BCUT2D eigenvalue weighted by molar-refractivity contribution is 6.00. The Morgan fingerprint density at radius 3 is 1.27 bits per heavy atom. The summed E-state index contributed by atoms with van der Waals surface area (Å²) in [6.07, 6.45) is 2.80. The van der Waals surface area contributed by atoms with Crippen LogP contribution < -0.4 is 21.3 Å². The highest BCUT2D eigenvalue weighted by Gasteiger charge is 2.47. The van der Waals surface area contributed by atoms with Crippen LogP contribution >= 0.6 is 0 Å². The van der Waals surface area contributed by atoms with E-state index < -0.39 is 167 Å². The van der Waals surface area contributed by atoms with Crippen molar-refractivity contribution in [1.29, 1.82) is 0 Å². The van der Waals surface area contributed by atoms with Crippen LogP contribution in [0.25, 0.3) is 0 Å². The Balaban J connectivity index is 4.49. The number of nitrogens with one attached hydrogen (secondary N) is 4. The quantitative estimate of drug-likeness (QED) is 0.131. The van der Waals surface area contributed by atoms with Crippen molar-refractivity contribution in [3.05, 3.63) is 12.2 Å². The molecule has 89 heavy (non-hydrogen) atoms. The number of aliphatic hydroxyl groups is 1. The minimum Gasteiger partial charge on any atom is -0.390 e. The number of aliphatic hydroxyl groups excluding tert-OH is 1. The van der Waals surface area contributed by atoms with Gasteiger partial charge in [0.05, 0.1) is 12.7 Å². The van der Waals surface area contributed by atoms with E-state index in [1.165, 1.54) is 99.7 Å². The molecule has 1 rings (SSSR count). The molecule has 0 saturated carbocycles. The molecule has 0 aliphatic carbocycles. The molecule has 0 aromatic carbocycles. The summed E-state index contributed by atoms with van der Waals surface area (Å²) in [5, 5.41) is 23.3. The van der Waals surface area contributed by atoms with Gasteiger partial charge >= 0.3 is 0 Å². The van der Waals surface area contributed by atoms with Crippen LogP contribution in [0.15, 0.2) is 12.2 Å². The fraction of sp³-hybridized carbons (Fsp3) is 0.800. The van der Waals surface area contributed by atoms with E-state index in [0.717, 1.165) is 4.90 Å². The second kappa shape index (κ2) is 36.6. The van der Waals surface area contributed by atoms with Crippen molar-refractivity contribution in [3.8, 4) is 0 Å². The van der Waals surface area contributed by atoms with Gasteiger partial charge in [-0.25, -0.2) is 0 Å². The zero-order chi connectivity index (χ0) is 69.1. The number of likely N-dealkylation sites (N-methyl/N-ethyl adjacent to an activating group) is 7. The zero-order valence-electron chi connectivity index (χ0n) is 58.9. The largest absolute Gasteiger partial charge is 0.390 e. The molecule has 1 fully saturated rings. The molecule has 0 aromatic rings. The summed E-state index contributed by atoms with van der Waals surface area (Å²) in [6.45, 7) is 31.3. The molecule has 510 valence electrons. The number of carbonyl (C=O) groups excluding carboxylic acids is 11. The van der Waals surface area contributed by atoms with Crippen molar-refractivity contribution in [1.82, 2.24) is 55.6 Å². The normalized spacial score (nSPS) is 27.4. The molecule has 2 unspecified atom stereocenters. The lowest BCUT2D eigenvalue weighted by atomic mass is 9.91. The second-order valence-electron chi connectivity index (χ2n) is 27.2. The maximum absolute atomic E-state index is 15.3. The van der Waals surface area contributed by atoms with Crippen LogP contribution in [0, 0.1) is 47.3 Å². The molecule has 1 saturated heterocycles. The van der Waals surface area contributed by atoms with Crippen LogP contribution in [-0.2, 0) is 57.5 Å². The van der Waals surface area contributed by atoms with E-state index in [1.807, 2.05) is 47.6 Å². The fourth-order valence-electron chi connectivity index (χ4n) is 11.7. The Hall–Kier alpha value is -6.17. The van der Waals surface area contributed by atoms with Gasteiger partial charge in [-0.1, -0.05) is 116 Å². The standard InChI is InChI=1S/C65H117N11O13/c1-27-29-30-41(15)54(77)53-58(81)68-45(28-2)60(83)73(22)50(39(11)12)64(87)75(24)52(42(16)34-89-26)57(80)69-49(38(9)10)63(86)70(19)46(31-35(3)4)56(79)66-43(17)55(78)67-44(18)59(82)71(20)47(32-36(5)6)61(84)72(21)48(33-37(7)8)62(85)74(23)51(40(13)14)65(88)76(53)25/h27,29,35-54,77H,28,30-34H2,1-26H3,(H,66,79)(H,67,78)(H,68,81)(H,69,80)/b29-27+/t41-,42-,43+,44-,45+,46+,47+,48+,49?,50-,51?,52+,53+,54-/m1/s1. The summed E-state index contributed by atoms with van der Waals surface area (Å²) in [5.41, 5.74) is 0.